The van der Waals surface area contributed by atoms with Crippen molar-refractivity contribution in [3.05, 3.63) is 47.2 Å². The van der Waals surface area contributed by atoms with E-state index in [0.717, 1.165) is 15.6 Å². The zero-order valence-corrected chi connectivity index (χ0v) is 9.03. The van der Waals surface area contributed by atoms with Crippen LogP contribution in [0.2, 0.25) is 0 Å². The zero-order valence-electron chi connectivity index (χ0n) is 7.44. The van der Waals surface area contributed by atoms with Crippen LogP contribution in [0, 0.1) is 0 Å². The summed E-state index contributed by atoms with van der Waals surface area (Å²) in [7, 11) is 0. The minimum Gasteiger partial charge on any atom is -0.397 e. The number of hydrogen-bond acceptors (Lipinski definition) is 2. The summed E-state index contributed by atoms with van der Waals surface area (Å²) >= 11 is 3.43. The minimum atomic E-state index is 0.700. The summed E-state index contributed by atoms with van der Waals surface area (Å²) in [5.41, 5.74) is 8.64. The largest absolute Gasteiger partial charge is 0.397 e. The van der Waals surface area contributed by atoms with E-state index in [1.54, 1.807) is 12.4 Å². The highest BCUT2D eigenvalue weighted by molar-refractivity contribution is 9.10. The van der Waals surface area contributed by atoms with Crippen LogP contribution in [-0.2, 0) is 0 Å². The second-order valence-corrected chi connectivity index (χ2v) is 3.89. The van der Waals surface area contributed by atoms with Crippen LogP contribution in [0.5, 0.6) is 0 Å². The normalized spacial score (nSPS) is 10.1. The maximum Gasteiger partial charge on any atom is 0.0580 e. The molecular weight excluding hydrogens is 240 g/mol. The number of pyridine rings is 1. The summed E-state index contributed by atoms with van der Waals surface area (Å²) in [5, 5.41) is 0. The first kappa shape index (κ1) is 9.21. The SMILES string of the molecule is Nc1cnccc1-c1cccc(Br)c1. The molecule has 2 rings (SSSR count). The fourth-order valence-electron chi connectivity index (χ4n) is 1.33. The highest BCUT2D eigenvalue weighted by Crippen LogP contribution is 2.26. The third kappa shape index (κ3) is 1.77. The molecule has 1 aromatic carbocycles. The van der Waals surface area contributed by atoms with Gasteiger partial charge in [0.1, 0.15) is 0 Å². The summed E-state index contributed by atoms with van der Waals surface area (Å²) < 4.78 is 1.05. The van der Waals surface area contributed by atoms with E-state index in [4.69, 9.17) is 5.73 Å². The van der Waals surface area contributed by atoms with Gasteiger partial charge in [0.2, 0.25) is 0 Å². The van der Waals surface area contributed by atoms with E-state index in [-0.39, 0.29) is 0 Å². The molecule has 0 aliphatic heterocycles. The van der Waals surface area contributed by atoms with Crippen molar-refractivity contribution in [2.45, 2.75) is 0 Å². The molecule has 0 unspecified atom stereocenters. The quantitative estimate of drug-likeness (QED) is 0.843. The predicted octanol–water partition coefficient (Wildman–Crippen LogP) is 3.09. The first-order chi connectivity index (χ1) is 6.77. The molecule has 2 nitrogen and oxygen atoms in total. The second kappa shape index (κ2) is 3.80. The lowest BCUT2D eigenvalue weighted by Gasteiger charge is -2.04. The van der Waals surface area contributed by atoms with Gasteiger partial charge in [-0.05, 0) is 23.8 Å². The van der Waals surface area contributed by atoms with E-state index in [2.05, 4.69) is 20.9 Å². The number of hydrogen-bond donors (Lipinski definition) is 1. The fourth-order valence-corrected chi connectivity index (χ4v) is 1.72. The van der Waals surface area contributed by atoms with E-state index in [0.29, 0.717) is 5.69 Å². The van der Waals surface area contributed by atoms with Gasteiger partial charge in [-0.2, -0.15) is 0 Å². The van der Waals surface area contributed by atoms with Crippen LogP contribution in [-0.4, -0.2) is 4.98 Å². The molecule has 0 atom stereocenters. The zero-order chi connectivity index (χ0) is 9.97. The molecule has 0 aliphatic carbocycles. The van der Waals surface area contributed by atoms with Gasteiger partial charge >= 0.3 is 0 Å². The minimum absolute atomic E-state index is 0.700. The lowest BCUT2D eigenvalue weighted by atomic mass is 10.1. The molecule has 0 bridgehead atoms. The topological polar surface area (TPSA) is 38.9 Å². The summed E-state index contributed by atoms with van der Waals surface area (Å²) in [6.07, 6.45) is 3.41. The standard InChI is InChI=1S/C11H9BrN2/c12-9-3-1-2-8(6-9)10-4-5-14-7-11(10)13/h1-7H,13H2. The van der Waals surface area contributed by atoms with Crippen molar-refractivity contribution in [2.75, 3.05) is 5.73 Å². The Morgan fingerprint density at radius 2 is 2.07 bits per heavy atom. The number of nitrogen functional groups attached to an aromatic ring is 1. The lowest BCUT2D eigenvalue weighted by Crippen LogP contribution is -1.90. The number of aromatic nitrogens is 1. The molecule has 0 spiro atoms. The van der Waals surface area contributed by atoms with Gasteiger partial charge in [-0.3, -0.25) is 4.98 Å². The van der Waals surface area contributed by atoms with Crippen molar-refractivity contribution >= 4 is 21.6 Å². The van der Waals surface area contributed by atoms with E-state index < -0.39 is 0 Å². The molecule has 0 saturated carbocycles. The molecular formula is C11H9BrN2. The van der Waals surface area contributed by atoms with Gasteiger partial charge in [-0.15, -0.1) is 0 Å². The summed E-state index contributed by atoms with van der Waals surface area (Å²) in [6.45, 7) is 0. The van der Waals surface area contributed by atoms with E-state index in [9.17, 15) is 0 Å². The maximum atomic E-state index is 5.82. The number of nitrogens with two attached hydrogens (primary N) is 1. The van der Waals surface area contributed by atoms with Crippen molar-refractivity contribution in [3.8, 4) is 11.1 Å². The van der Waals surface area contributed by atoms with Gasteiger partial charge in [0.05, 0.1) is 11.9 Å². The molecule has 14 heavy (non-hydrogen) atoms. The Labute approximate surface area is 90.9 Å². The van der Waals surface area contributed by atoms with Gasteiger partial charge in [0.15, 0.2) is 0 Å². The molecule has 0 fully saturated rings. The molecule has 1 heterocycles. The third-order valence-electron chi connectivity index (χ3n) is 1.99. The average Bonchev–Trinajstić information content (AvgIpc) is 2.18. The Balaban J connectivity index is 2.55. The van der Waals surface area contributed by atoms with Gasteiger partial charge in [-0.25, -0.2) is 0 Å². The number of rotatable bonds is 1. The third-order valence-corrected chi connectivity index (χ3v) is 2.48. The smallest absolute Gasteiger partial charge is 0.0580 e. The monoisotopic (exact) mass is 248 g/mol. The molecule has 70 valence electrons. The molecule has 2 N–H and O–H groups in total. The van der Waals surface area contributed by atoms with E-state index in [1.807, 2.05) is 30.3 Å². The summed E-state index contributed by atoms with van der Waals surface area (Å²) in [6, 6.07) is 9.94. The van der Waals surface area contributed by atoms with Crippen LogP contribution in [0.3, 0.4) is 0 Å². The highest BCUT2D eigenvalue weighted by Gasteiger charge is 2.01. The van der Waals surface area contributed by atoms with Gasteiger partial charge in [0, 0.05) is 16.2 Å². The fraction of sp³-hybridized carbons (Fsp3) is 0. The Hall–Kier alpha value is -1.35. The van der Waals surface area contributed by atoms with Crippen molar-refractivity contribution in [1.82, 2.24) is 4.98 Å². The van der Waals surface area contributed by atoms with E-state index >= 15 is 0 Å². The van der Waals surface area contributed by atoms with Crippen LogP contribution >= 0.6 is 15.9 Å². The molecule has 0 amide bonds. The van der Waals surface area contributed by atoms with Crippen LogP contribution < -0.4 is 5.73 Å². The van der Waals surface area contributed by atoms with Gasteiger partial charge in [0.25, 0.3) is 0 Å². The Kier molecular flexibility index (Phi) is 2.50. The van der Waals surface area contributed by atoms with Crippen molar-refractivity contribution in [2.24, 2.45) is 0 Å². The second-order valence-electron chi connectivity index (χ2n) is 2.97. The number of halogens is 1. The van der Waals surface area contributed by atoms with Crippen LogP contribution in [0.1, 0.15) is 0 Å². The van der Waals surface area contributed by atoms with Gasteiger partial charge < -0.3 is 5.73 Å². The lowest BCUT2D eigenvalue weighted by molar-refractivity contribution is 1.33. The molecule has 0 radical (unpaired) electrons. The average molecular weight is 249 g/mol. The predicted molar refractivity (Wildman–Crippen MR) is 61.8 cm³/mol. The Morgan fingerprint density at radius 1 is 1.21 bits per heavy atom. The molecule has 0 aliphatic rings. The van der Waals surface area contributed by atoms with Crippen molar-refractivity contribution in [1.29, 1.82) is 0 Å². The van der Waals surface area contributed by atoms with Crippen molar-refractivity contribution < 1.29 is 0 Å². The highest BCUT2D eigenvalue weighted by atomic mass is 79.9. The van der Waals surface area contributed by atoms with E-state index in [1.165, 1.54) is 0 Å². The first-order valence-electron chi connectivity index (χ1n) is 4.23. The number of anilines is 1. The first-order valence-corrected chi connectivity index (χ1v) is 5.02. The summed E-state index contributed by atoms with van der Waals surface area (Å²) in [5.74, 6) is 0. The Bertz CT molecular complexity index is 455. The van der Waals surface area contributed by atoms with Crippen LogP contribution in [0.4, 0.5) is 5.69 Å². The molecule has 1 aromatic heterocycles. The molecule has 0 saturated heterocycles. The number of benzene rings is 1. The maximum absolute atomic E-state index is 5.82. The van der Waals surface area contributed by atoms with Crippen LogP contribution in [0.15, 0.2) is 47.2 Å². The molecule has 3 heteroatoms. The summed E-state index contributed by atoms with van der Waals surface area (Å²) in [4.78, 5) is 3.96. The molecule has 2 aromatic rings. The van der Waals surface area contributed by atoms with Gasteiger partial charge in [-0.1, -0.05) is 28.1 Å². The van der Waals surface area contributed by atoms with Crippen molar-refractivity contribution in [3.63, 3.8) is 0 Å². The van der Waals surface area contributed by atoms with Crippen LogP contribution in [0.25, 0.3) is 11.1 Å². The Morgan fingerprint density at radius 3 is 2.79 bits per heavy atom. The number of nitrogens with zero attached hydrogens (tertiary/aromatic N) is 1.